The summed E-state index contributed by atoms with van der Waals surface area (Å²) >= 11 is 0. The molecule has 11 N–H and O–H groups in total. The first kappa shape index (κ1) is 48.4. The van der Waals surface area contributed by atoms with Crippen LogP contribution >= 0.6 is 0 Å². The van der Waals surface area contributed by atoms with Crippen LogP contribution in [0.4, 0.5) is 5.82 Å². The number of anilines is 1. The van der Waals surface area contributed by atoms with E-state index in [0.29, 0.717) is 43.0 Å². The minimum atomic E-state index is -0.227. The number of nitrogen functional groups attached to an aromatic ring is 1. The molecule has 0 amide bonds. The maximum atomic E-state index is 11.3. The van der Waals surface area contributed by atoms with Gasteiger partial charge in [-0.05, 0) is 77.3 Å². The molecule has 64 heavy (non-hydrogen) atoms. The van der Waals surface area contributed by atoms with Gasteiger partial charge in [0, 0.05) is 82.8 Å². The van der Waals surface area contributed by atoms with Crippen LogP contribution in [0, 0.1) is 16.7 Å². The van der Waals surface area contributed by atoms with Gasteiger partial charge in [-0.1, -0.05) is 64.1 Å². The molecule has 0 aliphatic rings. The van der Waals surface area contributed by atoms with E-state index in [4.69, 9.17) is 42.7 Å². The zero-order chi connectivity index (χ0) is 46.3. The minimum Gasteiger partial charge on any atom is -0.493 e. The number of aryl methyl sites for hydroxylation is 2. The number of Topliss-reactive ketones (excluding diaryl/α,β-unsaturated/α-hetero) is 1. The van der Waals surface area contributed by atoms with Crippen molar-refractivity contribution >= 4 is 50.7 Å². The number of aromatic hydroxyl groups is 1. The highest BCUT2D eigenvalue weighted by Gasteiger charge is 2.21. The molecule has 0 bridgehead atoms. The first-order chi connectivity index (χ1) is 30.8. The molecule has 340 valence electrons. The number of H-pyrrole nitrogens is 2. The van der Waals surface area contributed by atoms with Gasteiger partial charge in [0.05, 0.1) is 40.6 Å². The zero-order valence-electron chi connectivity index (χ0n) is 39.2. The first-order valence-electron chi connectivity index (χ1n) is 22.4. The summed E-state index contributed by atoms with van der Waals surface area (Å²) in [7, 11) is 0. The minimum absolute atomic E-state index is 0. The fourth-order valence-corrected chi connectivity index (χ4v) is 7.40. The molecule has 7 aromatic rings. The summed E-state index contributed by atoms with van der Waals surface area (Å²) in [4.78, 5) is 36.6. The van der Waals surface area contributed by atoms with E-state index in [1.165, 1.54) is 0 Å². The Morgan fingerprint density at radius 1 is 0.797 bits per heavy atom. The predicted octanol–water partition coefficient (Wildman–Crippen LogP) is 9.74. The molecule has 15 nitrogen and oxygen atoms in total. The Labute approximate surface area is 377 Å². The van der Waals surface area contributed by atoms with Gasteiger partial charge >= 0.3 is 1.43 Å². The maximum absolute atomic E-state index is 11.3. The summed E-state index contributed by atoms with van der Waals surface area (Å²) in [6, 6.07) is 16.2. The Bertz CT molecular complexity index is 2650. The molecule has 0 aliphatic heterocycles. The lowest BCUT2D eigenvalue weighted by Gasteiger charge is -2.14. The molecule has 2 aromatic carbocycles. The van der Waals surface area contributed by atoms with Crippen molar-refractivity contribution in [3.05, 3.63) is 90.4 Å². The number of aromatic amines is 2. The number of carbonyl (C=O) groups excluding carboxylic acids is 1. The molecule has 5 heterocycles. The molecule has 0 aliphatic carbocycles. The number of nitrogens with zero attached hydrogens (tertiary/aromatic N) is 5. The Kier molecular flexibility index (Phi) is 17.5. The van der Waals surface area contributed by atoms with E-state index >= 15 is 0 Å². The van der Waals surface area contributed by atoms with Gasteiger partial charge in [0.25, 0.3) is 0 Å². The van der Waals surface area contributed by atoms with Crippen LogP contribution < -0.4 is 17.2 Å². The second kappa shape index (κ2) is 23.2. The molecule has 0 spiro atoms. The highest BCUT2D eigenvalue weighted by Crippen LogP contribution is 2.34. The number of hydrogen-bond acceptors (Lipinski definition) is 10. The smallest absolute Gasteiger partial charge is 0.493 e. The van der Waals surface area contributed by atoms with Crippen LogP contribution in [-0.4, -0.2) is 69.6 Å². The number of nitrogens with one attached hydrogen (secondary N) is 4. The Balaban J connectivity index is 0.000000234. The number of aromatic nitrogens is 7. The number of amidine groups is 2. The number of benzene rings is 2. The molecule has 0 radical (unpaired) electrons. The molecule has 15 heteroatoms. The number of carbonyl (C=O) groups is 1. The lowest BCUT2D eigenvalue weighted by Crippen LogP contribution is -2.26. The number of fused-ring (bicyclic) bond motifs is 3. The van der Waals surface area contributed by atoms with E-state index in [0.717, 1.165) is 101 Å². The van der Waals surface area contributed by atoms with Gasteiger partial charge in [-0.25, -0.2) is 19.9 Å². The van der Waals surface area contributed by atoms with Crippen LogP contribution in [-0.2, 0) is 22.4 Å². The van der Waals surface area contributed by atoms with Crippen LogP contribution in [0.1, 0.15) is 117 Å². The summed E-state index contributed by atoms with van der Waals surface area (Å²) in [6.45, 7) is 12.5. The number of nitrogens with two attached hydrogens (primary N) is 3. The summed E-state index contributed by atoms with van der Waals surface area (Å²) in [6.07, 6.45) is 15.1. The van der Waals surface area contributed by atoms with Gasteiger partial charge in [-0.2, -0.15) is 0 Å². The van der Waals surface area contributed by atoms with Crippen molar-refractivity contribution in [3.8, 4) is 28.4 Å². The van der Waals surface area contributed by atoms with Gasteiger partial charge in [-0.15, -0.1) is 0 Å². The highest BCUT2D eigenvalue weighted by molar-refractivity contribution is 5.95. The molecular weight excluding hydrogens is 805 g/mol. The van der Waals surface area contributed by atoms with Crippen LogP contribution in [0.5, 0.6) is 5.88 Å². The van der Waals surface area contributed by atoms with Gasteiger partial charge in [0.1, 0.15) is 17.6 Å². The van der Waals surface area contributed by atoms with E-state index in [2.05, 4.69) is 45.9 Å². The summed E-state index contributed by atoms with van der Waals surface area (Å²) in [5.74, 6) is 1.59. The van der Waals surface area contributed by atoms with Gasteiger partial charge in [-0.3, -0.25) is 20.0 Å². The second-order valence-corrected chi connectivity index (χ2v) is 16.3. The SMILES string of the molecule is CCOC(C)C(=O)[C@@H](C)CC.CC[C@H](C)c1nc2c(CCCCC(=N)N)nc(-c3c[nH]c4ccccc34)cn2c1O.N=C(N)CCCCc1nc(-c2c[nH]c3ccccc23)cnc1N.[H+]. The Hall–Kier alpha value is -6.61. The van der Waals surface area contributed by atoms with Crippen LogP contribution in [0.3, 0.4) is 0 Å². The lowest BCUT2D eigenvalue weighted by atomic mass is 10.0. The molecule has 5 aromatic heterocycles. The molecule has 0 saturated heterocycles. The Morgan fingerprint density at radius 2 is 1.34 bits per heavy atom. The number of rotatable bonds is 19. The average Bonchev–Trinajstić information content (AvgIpc) is 4.02. The van der Waals surface area contributed by atoms with E-state index in [-0.39, 0.29) is 42.7 Å². The third-order valence-electron chi connectivity index (χ3n) is 11.5. The highest BCUT2D eigenvalue weighted by atomic mass is 16.5. The summed E-state index contributed by atoms with van der Waals surface area (Å²) < 4.78 is 6.95. The van der Waals surface area contributed by atoms with Gasteiger partial charge in [0.15, 0.2) is 11.4 Å². The summed E-state index contributed by atoms with van der Waals surface area (Å²) in [5, 5.41) is 27.8. The van der Waals surface area contributed by atoms with Crippen molar-refractivity contribution in [1.82, 2.24) is 34.3 Å². The first-order valence-corrected chi connectivity index (χ1v) is 22.4. The topological polar surface area (TPSA) is 260 Å². The van der Waals surface area contributed by atoms with Crippen molar-refractivity contribution in [2.45, 2.75) is 118 Å². The van der Waals surface area contributed by atoms with Crippen LogP contribution in [0.15, 0.2) is 73.3 Å². The standard InChI is InChI=1S/C23H28N6O.C17H20N6.C9H18O2/c1-3-14(2)21-23(30)29-13-19(16-12-26-17-9-5-4-8-15(16)17)27-18(22(29)28-21)10-6-7-11-20(24)25;18-16(19)8-4-3-7-14-17(20)22-10-15(23-14)12-9-21-13-6-2-1-5-11(12)13;1-5-7(3)9(10)8(4)11-6-2/h4-5,8-9,12-14,26,30H,3,6-7,10-11H2,1-2H3,(H3,24,25);1-2,5-6,9-10,21H,3-4,7-8H2,(H3,18,19)(H2,20,22);7-8H,5-6H2,1-4H3/p+1/t14-;;7-,8?/m0.0/s1. The van der Waals surface area contributed by atoms with E-state index in [1.54, 1.807) is 10.6 Å². The largest absolute Gasteiger partial charge is 1.00 e. The number of para-hydroxylation sites is 2. The number of ether oxygens (including phenoxy) is 1. The van der Waals surface area contributed by atoms with Gasteiger partial charge < -0.3 is 37.0 Å². The monoisotopic (exact) mass is 872 g/mol. The Morgan fingerprint density at radius 3 is 1.89 bits per heavy atom. The van der Waals surface area contributed by atoms with E-state index in [1.807, 2.05) is 82.7 Å². The normalized spacial score (nSPS) is 12.6. The van der Waals surface area contributed by atoms with Crippen LogP contribution in [0.25, 0.3) is 50.0 Å². The van der Waals surface area contributed by atoms with Crippen molar-refractivity contribution in [2.24, 2.45) is 17.4 Å². The fraction of sp³-hybridized carbons (Fsp3) is 0.408. The lowest BCUT2D eigenvalue weighted by molar-refractivity contribution is -0.132. The third-order valence-corrected chi connectivity index (χ3v) is 11.5. The molecule has 7 rings (SSSR count). The molecule has 3 atom stereocenters. The van der Waals surface area contributed by atoms with Crippen molar-refractivity contribution in [3.63, 3.8) is 0 Å². The van der Waals surface area contributed by atoms with Crippen molar-refractivity contribution < 1.29 is 16.1 Å². The predicted molar refractivity (Wildman–Crippen MR) is 260 cm³/mol. The summed E-state index contributed by atoms with van der Waals surface area (Å²) in [5.41, 5.74) is 25.6. The third kappa shape index (κ3) is 12.3. The number of unbranched alkanes of at least 4 members (excludes halogenated alkanes) is 2. The number of imidazole rings is 1. The number of hydrogen-bond donors (Lipinski definition) is 8. The van der Waals surface area contributed by atoms with Crippen molar-refractivity contribution in [1.29, 1.82) is 10.8 Å². The second-order valence-electron chi connectivity index (χ2n) is 16.3. The van der Waals surface area contributed by atoms with E-state index < -0.39 is 0 Å². The van der Waals surface area contributed by atoms with Crippen molar-refractivity contribution in [2.75, 3.05) is 12.3 Å². The molecular formula is C49H67N12O3+. The van der Waals surface area contributed by atoms with Gasteiger partial charge in [0.2, 0.25) is 5.88 Å². The van der Waals surface area contributed by atoms with Crippen LogP contribution in [0.2, 0.25) is 0 Å². The quantitative estimate of drug-likeness (QED) is 0.0217. The molecule has 1 unspecified atom stereocenters. The van der Waals surface area contributed by atoms with E-state index in [9.17, 15) is 9.90 Å². The maximum Gasteiger partial charge on any atom is 1.00 e. The molecule has 0 fully saturated rings. The zero-order valence-corrected chi connectivity index (χ0v) is 38.2. The average molecular weight is 872 g/mol. The fourth-order valence-electron chi connectivity index (χ4n) is 7.40. The molecule has 0 saturated carbocycles. The number of ketones is 1.